The molecule has 0 saturated carbocycles. The average molecular weight is 379 g/mol. The smallest absolute Gasteiger partial charge is 0.251 e. The summed E-state index contributed by atoms with van der Waals surface area (Å²) in [4.78, 5) is 14.5. The highest BCUT2D eigenvalue weighted by Gasteiger charge is 2.34. The lowest BCUT2D eigenvalue weighted by molar-refractivity contribution is -0.143. The van der Waals surface area contributed by atoms with Crippen LogP contribution in [0.25, 0.3) is 0 Å². The first-order valence-corrected chi connectivity index (χ1v) is 8.38. The molecule has 1 aromatic heterocycles. The molecule has 6 nitrogen and oxygen atoms in total. The average Bonchev–Trinajstić information content (AvgIpc) is 3.23. The first kappa shape index (κ1) is 21.2. The molecule has 2 saturated heterocycles. The van der Waals surface area contributed by atoms with Crippen LogP contribution in [0.5, 0.6) is 0 Å². The van der Waals surface area contributed by atoms with Gasteiger partial charge in [0, 0.05) is 32.4 Å². The summed E-state index contributed by atoms with van der Waals surface area (Å²) in [5.74, 6) is 0.671. The number of piperidine rings is 1. The summed E-state index contributed by atoms with van der Waals surface area (Å²) >= 11 is 0. The number of amides is 1. The molecule has 3 heterocycles. The van der Waals surface area contributed by atoms with Crippen LogP contribution in [0.4, 0.5) is 0 Å². The third-order valence-corrected chi connectivity index (χ3v) is 4.90. The highest BCUT2D eigenvalue weighted by Crippen LogP contribution is 2.29. The topological polar surface area (TPSA) is 73.4 Å². The van der Waals surface area contributed by atoms with E-state index >= 15 is 0 Å². The van der Waals surface area contributed by atoms with E-state index in [2.05, 4.69) is 18.2 Å². The van der Waals surface area contributed by atoms with E-state index in [0.29, 0.717) is 12.5 Å². The molecule has 0 aromatic carbocycles. The van der Waals surface area contributed by atoms with Crippen molar-refractivity contribution >= 4 is 30.7 Å². The summed E-state index contributed by atoms with van der Waals surface area (Å²) < 4.78 is 7.69. The number of rotatable bonds is 4. The van der Waals surface area contributed by atoms with Crippen LogP contribution in [-0.4, -0.2) is 52.4 Å². The van der Waals surface area contributed by atoms with Crippen LogP contribution in [0, 0.1) is 0 Å². The Morgan fingerprint density at radius 2 is 2.00 bits per heavy atom. The number of ether oxygens (including phenoxy) is 1. The van der Waals surface area contributed by atoms with Gasteiger partial charge in [-0.2, -0.15) is 5.10 Å². The van der Waals surface area contributed by atoms with Gasteiger partial charge in [0.1, 0.15) is 6.10 Å². The number of halogens is 2. The predicted octanol–water partition coefficient (Wildman–Crippen LogP) is 1.96. The fourth-order valence-electron chi connectivity index (χ4n) is 3.46. The van der Waals surface area contributed by atoms with Gasteiger partial charge in [-0.3, -0.25) is 9.48 Å². The van der Waals surface area contributed by atoms with Gasteiger partial charge in [0.25, 0.3) is 5.91 Å². The van der Waals surface area contributed by atoms with Gasteiger partial charge < -0.3 is 15.4 Å². The predicted molar refractivity (Wildman–Crippen MR) is 97.9 cm³/mol. The third kappa shape index (κ3) is 4.63. The molecule has 2 aliphatic rings. The lowest BCUT2D eigenvalue weighted by Gasteiger charge is -2.33. The molecule has 2 N–H and O–H groups in total. The van der Waals surface area contributed by atoms with E-state index in [9.17, 15) is 4.79 Å². The van der Waals surface area contributed by atoms with E-state index in [1.54, 1.807) is 0 Å². The van der Waals surface area contributed by atoms with Crippen LogP contribution in [0.15, 0.2) is 12.4 Å². The molecule has 24 heavy (non-hydrogen) atoms. The number of carbonyl (C=O) groups is 1. The molecular weight excluding hydrogens is 351 g/mol. The SMILES string of the molecule is CCn1cc(C2CCN(C(=O)[C@@H]3CC[C@H](CN)O3)CC2)cn1.Cl.Cl. The summed E-state index contributed by atoms with van der Waals surface area (Å²) in [5, 5.41) is 4.35. The van der Waals surface area contributed by atoms with Gasteiger partial charge in [0.05, 0.1) is 12.3 Å². The van der Waals surface area contributed by atoms with Gasteiger partial charge in [-0.05, 0) is 44.1 Å². The summed E-state index contributed by atoms with van der Waals surface area (Å²) in [7, 11) is 0. The van der Waals surface area contributed by atoms with Crippen molar-refractivity contribution in [2.24, 2.45) is 5.73 Å². The number of aryl methyl sites for hydroxylation is 1. The molecule has 2 atom stereocenters. The minimum absolute atomic E-state index is 0. The molecule has 8 heteroatoms. The Hall–Kier alpha value is -0.820. The Morgan fingerprint density at radius 1 is 1.29 bits per heavy atom. The second-order valence-corrected chi connectivity index (χ2v) is 6.29. The molecular formula is C16H28Cl2N4O2. The fourth-order valence-corrected chi connectivity index (χ4v) is 3.46. The van der Waals surface area contributed by atoms with Crippen molar-refractivity contribution in [3.8, 4) is 0 Å². The minimum atomic E-state index is -0.270. The number of likely N-dealkylation sites (tertiary alicyclic amines) is 1. The summed E-state index contributed by atoms with van der Waals surface area (Å²) in [6.45, 7) is 5.13. The molecule has 0 radical (unpaired) electrons. The number of nitrogens with zero attached hydrogens (tertiary/aromatic N) is 3. The van der Waals surface area contributed by atoms with Crippen molar-refractivity contribution in [1.82, 2.24) is 14.7 Å². The molecule has 0 bridgehead atoms. The van der Waals surface area contributed by atoms with Crippen molar-refractivity contribution in [1.29, 1.82) is 0 Å². The number of carbonyl (C=O) groups excluding carboxylic acids is 1. The molecule has 138 valence electrons. The third-order valence-electron chi connectivity index (χ3n) is 4.90. The molecule has 0 aliphatic carbocycles. The van der Waals surface area contributed by atoms with Gasteiger partial charge in [0.15, 0.2) is 0 Å². The normalized spacial score (nSPS) is 24.3. The van der Waals surface area contributed by atoms with Gasteiger partial charge in [-0.15, -0.1) is 24.8 Å². The number of aromatic nitrogens is 2. The first-order chi connectivity index (χ1) is 10.7. The van der Waals surface area contributed by atoms with E-state index in [1.807, 2.05) is 15.8 Å². The Morgan fingerprint density at radius 3 is 2.54 bits per heavy atom. The van der Waals surface area contributed by atoms with Crippen LogP contribution in [0.1, 0.15) is 44.1 Å². The second kappa shape index (κ2) is 9.61. The molecule has 2 aliphatic heterocycles. The Labute approximate surface area is 155 Å². The van der Waals surface area contributed by atoms with Gasteiger partial charge in [-0.25, -0.2) is 0 Å². The first-order valence-electron chi connectivity index (χ1n) is 8.38. The molecule has 0 unspecified atom stereocenters. The molecule has 2 fully saturated rings. The van der Waals surface area contributed by atoms with E-state index < -0.39 is 0 Å². The Bertz CT molecular complexity index is 518. The van der Waals surface area contributed by atoms with E-state index in [0.717, 1.165) is 45.3 Å². The quantitative estimate of drug-likeness (QED) is 0.868. The lowest BCUT2D eigenvalue weighted by atomic mass is 9.91. The lowest BCUT2D eigenvalue weighted by Crippen LogP contribution is -2.43. The number of hydrogen-bond acceptors (Lipinski definition) is 4. The number of nitrogens with two attached hydrogens (primary N) is 1. The van der Waals surface area contributed by atoms with Crippen LogP contribution >= 0.6 is 24.8 Å². The highest BCUT2D eigenvalue weighted by atomic mass is 35.5. The Kier molecular flexibility index (Phi) is 8.50. The maximum atomic E-state index is 12.5. The van der Waals surface area contributed by atoms with Crippen molar-refractivity contribution in [2.45, 2.75) is 57.3 Å². The minimum Gasteiger partial charge on any atom is -0.364 e. The standard InChI is InChI=1S/C16H26N4O2.2ClH/c1-2-20-11-13(10-18-20)12-5-7-19(8-6-12)16(21)15-4-3-14(9-17)22-15;;/h10-12,14-15H,2-9,17H2,1H3;2*1H/t14-,15+;;/m1../s1. The zero-order valence-corrected chi connectivity index (χ0v) is 15.7. The molecule has 1 amide bonds. The highest BCUT2D eigenvalue weighted by molar-refractivity contribution is 5.85. The van der Waals surface area contributed by atoms with Gasteiger partial charge in [0.2, 0.25) is 0 Å². The molecule has 1 aromatic rings. The van der Waals surface area contributed by atoms with Crippen LogP contribution < -0.4 is 5.73 Å². The van der Waals surface area contributed by atoms with Crippen LogP contribution in [0.3, 0.4) is 0 Å². The zero-order chi connectivity index (χ0) is 15.5. The van der Waals surface area contributed by atoms with Crippen molar-refractivity contribution in [2.75, 3.05) is 19.6 Å². The van der Waals surface area contributed by atoms with Crippen LogP contribution in [0.2, 0.25) is 0 Å². The Balaban J connectivity index is 0.00000144. The summed E-state index contributed by atoms with van der Waals surface area (Å²) in [5.41, 5.74) is 6.91. The maximum absolute atomic E-state index is 12.5. The molecule has 3 rings (SSSR count). The van der Waals surface area contributed by atoms with E-state index in [4.69, 9.17) is 10.5 Å². The van der Waals surface area contributed by atoms with E-state index in [-0.39, 0.29) is 42.9 Å². The second-order valence-electron chi connectivity index (χ2n) is 6.29. The largest absolute Gasteiger partial charge is 0.364 e. The molecule has 0 spiro atoms. The number of hydrogen-bond donors (Lipinski definition) is 1. The van der Waals surface area contributed by atoms with Crippen molar-refractivity contribution in [3.05, 3.63) is 18.0 Å². The summed E-state index contributed by atoms with van der Waals surface area (Å²) in [6, 6.07) is 0. The van der Waals surface area contributed by atoms with Crippen molar-refractivity contribution in [3.63, 3.8) is 0 Å². The fraction of sp³-hybridized carbons (Fsp3) is 0.750. The monoisotopic (exact) mass is 378 g/mol. The van der Waals surface area contributed by atoms with Gasteiger partial charge >= 0.3 is 0 Å². The summed E-state index contributed by atoms with van der Waals surface area (Å²) in [6.07, 6.45) is 7.62. The zero-order valence-electron chi connectivity index (χ0n) is 14.1. The van der Waals surface area contributed by atoms with Crippen LogP contribution in [-0.2, 0) is 16.1 Å². The van der Waals surface area contributed by atoms with Crippen molar-refractivity contribution < 1.29 is 9.53 Å². The maximum Gasteiger partial charge on any atom is 0.251 e. The van der Waals surface area contributed by atoms with E-state index in [1.165, 1.54) is 5.56 Å². The van der Waals surface area contributed by atoms with Gasteiger partial charge in [-0.1, -0.05) is 0 Å².